The van der Waals surface area contributed by atoms with Crippen LogP contribution in [0.1, 0.15) is 11.1 Å². The second-order valence-electron chi connectivity index (χ2n) is 3.97. The smallest absolute Gasteiger partial charge is 0.145 e. The summed E-state index contributed by atoms with van der Waals surface area (Å²) in [4.78, 5) is 4.22. The van der Waals surface area contributed by atoms with Crippen LogP contribution in [0.2, 0.25) is 5.02 Å². The predicted molar refractivity (Wildman–Crippen MR) is 79.9 cm³/mol. The van der Waals surface area contributed by atoms with Crippen LogP contribution in [0.3, 0.4) is 0 Å². The molecule has 94 valence electrons. The Hall–Kier alpha value is -1.26. The van der Waals surface area contributed by atoms with Gasteiger partial charge in [0.1, 0.15) is 5.82 Å². The van der Waals surface area contributed by atoms with Crippen LogP contribution in [0.25, 0.3) is 0 Å². The SMILES string of the molecule is Cc1c(N)cccc1CNc1ncc(Br)cc1Cl. The first-order valence-corrected chi connectivity index (χ1v) is 6.64. The number of nitrogens with two attached hydrogens (primary N) is 1. The van der Waals surface area contributed by atoms with Gasteiger partial charge in [0, 0.05) is 22.9 Å². The number of hydrogen-bond donors (Lipinski definition) is 2. The second kappa shape index (κ2) is 5.59. The van der Waals surface area contributed by atoms with Crippen molar-refractivity contribution in [2.24, 2.45) is 0 Å². The van der Waals surface area contributed by atoms with E-state index in [0.29, 0.717) is 17.4 Å². The summed E-state index contributed by atoms with van der Waals surface area (Å²) < 4.78 is 0.859. The molecule has 2 rings (SSSR count). The highest BCUT2D eigenvalue weighted by Crippen LogP contribution is 2.24. The van der Waals surface area contributed by atoms with E-state index in [0.717, 1.165) is 21.3 Å². The summed E-state index contributed by atoms with van der Waals surface area (Å²) in [7, 11) is 0. The van der Waals surface area contributed by atoms with Crippen LogP contribution in [-0.2, 0) is 6.54 Å². The summed E-state index contributed by atoms with van der Waals surface area (Å²) >= 11 is 9.41. The van der Waals surface area contributed by atoms with Crippen LogP contribution < -0.4 is 11.1 Å². The van der Waals surface area contributed by atoms with Crippen molar-refractivity contribution in [3.63, 3.8) is 0 Å². The van der Waals surface area contributed by atoms with Crippen molar-refractivity contribution in [3.05, 3.63) is 51.1 Å². The molecular formula is C13H13BrClN3. The monoisotopic (exact) mass is 325 g/mol. The van der Waals surface area contributed by atoms with Crippen molar-refractivity contribution in [2.75, 3.05) is 11.1 Å². The maximum atomic E-state index is 6.09. The fraction of sp³-hybridized carbons (Fsp3) is 0.154. The van der Waals surface area contributed by atoms with E-state index in [2.05, 4.69) is 26.2 Å². The lowest BCUT2D eigenvalue weighted by Gasteiger charge is -2.11. The van der Waals surface area contributed by atoms with Crippen LogP contribution in [0.4, 0.5) is 11.5 Å². The Bertz CT molecular complexity index is 572. The van der Waals surface area contributed by atoms with Crippen LogP contribution >= 0.6 is 27.5 Å². The van der Waals surface area contributed by atoms with Gasteiger partial charge in [0.05, 0.1) is 5.02 Å². The molecule has 2 aromatic rings. The first-order chi connectivity index (χ1) is 8.58. The molecule has 18 heavy (non-hydrogen) atoms. The number of nitrogen functional groups attached to an aromatic ring is 1. The van der Waals surface area contributed by atoms with Crippen LogP contribution in [0, 0.1) is 6.92 Å². The third-order valence-electron chi connectivity index (χ3n) is 2.74. The van der Waals surface area contributed by atoms with Crippen LogP contribution in [0.15, 0.2) is 34.9 Å². The molecule has 1 aromatic heterocycles. The molecule has 0 saturated heterocycles. The number of hydrogen-bond acceptors (Lipinski definition) is 3. The van der Waals surface area contributed by atoms with Gasteiger partial charge in [-0.2, -0.15) is 0 Å². The molecule has 5 heteroatoms. The molecule has 0 bridgehead atoms. The number of nitrogens with zero attached hydrogens (tertiary/aromatic N) is 1. The first-order valence-electron chi connectivity index (χ1n) is 5.47. The average molecular weight is 327 g/mol. The molecule has 0 fully saturated rings. The van der Waals surface area contributed by atoms with Gasteiger partial charge in [0.25, 0.3) is 0 Å². The maximum absolute atomic E-state index is 6.09. The molecule has 0 spiro atoms. The maximum Gasteiger partial charge on any atom is 0.145 e. The standard InChI is InChI=1S/C13H13BrClN3/c1-8-9(3-2-4-12(8)16)6-17-13-11(15)5-10(14)7-18-13/h2-5,7H,6,16H2,1H3,(H,17,18). The minimum absolute atomic E-state index is 0.589. The Morgan fingerprint density at radius 3 is 2.94 bits per heavy atom. The van der Waals surface area contributed by atoms with Crippen LogP contribution in [-0.4, -0.2) is 4.98 Å². The molecular weight excluding hydrogens is 314 g/mol. The second-order valence-corrected chi connectivity index (χ2v) is 5.29. The van der Waals surface area contributed by atoms with Gasteiger partial charge in [-0.3, -0.25) is 0 Å². The molecule has 0 unspecified atom stereocenters. The Balaban J connectivity index is 2.14. The number of aromatic nitrogens is 1. The van der Waals surface area contributed by atoms with E-state index in [1.807, 2.05) is 31.2 Å². The van der Waals surface area contributed by atoms with E-state index >= 15 is 0 Å². The fourth-order valence-electron chi connectivity index (χ4n) is 1.62. The number of pyridine rings is 1. The third kappa shape index (κ3) is 2.94. The fourth-order valence-corrected chi connectivity index (χ4v) is 2.31. The van der Waals surface area contributed by atoms with Gasteiger partial charge in [0.2, 0.25) is 0 Å². The van der Waals surface area contributed by atoms with Gasteiger partial charge in [0.15, 0.2) is 0 Å². The van der Waals surface area contributed by atoms with Crippen LogP contribution in [0.5, 0.6) is 0 Å². The number of nitrogens with one attached hydrogen (secondary N) is 1. The zero-order valence-electron chi connectivity index (χ0n) is 9.87. The Morgan fingerprint density at radius 2 is 2.22 bits per heavy atom. The first kappa shape index (κ1) is 13.2. The van der Waals surface area contributed by atoms with E-state index in [1.54, 1.807) is 6.20 Å². The van der Waals surface area contributed by atoms with Gasteiger partial charge in [-0.1, -0.05) is 23.7 Å². The minimum atomic E-state index is 0.589. The van der Waals surface area contributed by atoms with Crippen molar-refractivity contribution in [3.8, 4) is 0 Å². The van der Waals surface area contributed by atoms with Gasteiger partial charge < -0.3 is 11.1 Å². The van der Waals surface area contributed by atoms with Gasteiger partial charge in [-0.15, -0.1) is 0 Å². The van der Waals surface area contributed by atoms with Gasteiger partial charge in [-0.05, 0) is 46.1 Å². The summed E-state index contributed by atoms with van der Waals surface area (Å²) in [5.41, 5.74) is 8.88. The Morgan fingerprint density at radius 1 is 1.44 bits per heavy atom. The molecule has 0 aliphatic heterocycles. The lowest BCUT2D eigenvalue weighted by atomic mass is 10.1. The van der Waals surface area contributed by atoms with Gasteiger partial charge in [-0.25, -0.2) is 4.98 Å². The van der Waals surface area contributed by atoms with Crippen molar-refractivity contribution in [1.29, 1.82) is 0 Å². The zero-order valence-corrected chi connectivity index (χ0v) is 12.2. The topological polar surface area (TPSA) is 50.9 Å². The Labute approximate surface area is 119 Å². The van der Waals surface area contributed by atoms with Crippen molar-refractivity contribution >= 4 is 39.0 Å². The van der Waals surface area contributed by atoms with E-state index < -0.39 is 0 Å². The number of halogens is 2. The highest BCUT2D eigenvalue weighted by molar-refractivity contribution is 9.10. The molecule has 1 aromatic carbocycles. The summed E-state index contributed by atoms with van der Waals surface area (Å²) in [5.74, 6) is 0.668. The molecule has 0 aliphatic rings. The van der Waals surface area contributed by atoms with Crippen molar-refractivity contribution < 1.29 is 0 Å². The average Bonchev–Trinajstić information content (AvgIpc) is 2.33. The van der Waals surface area contributed by atoms with Crippen molar-refractivity contribution in [2.45, 2.75) is 13.5 Å². The number of benzene rings is 1. The molecule has 3 N–H and O–H groups in total. The van der Waals surface area contributed by atoms with E-state index in [4.69, 9.17) is 17.3 Å². The predicted octanol–water partition coefficient (Wildman–Crippen LogP) is 4.00. The molecule has 1 heterocycles. The summed E-state index contributed by atoms with van der Waals surface area (Å²) in [6.45, 7) is 2.65. The quantitative estimate of drug-likeness (QED) is 0.838. The third-order valence-corrected chi connectivity index (χ3v) is 3.46. The number of anilines is 2. The largest absolute Gasteiger partial charge is 0.399 e. The zero-order chi connectivity index (χ0) is 13.1. The molecule has 0 radical (unpaired) electrons. The minimum Gasteiger partial charge on any atom is -0.399 e. The summed E-state index contributed by atoms with van der Waals surface area (Å²) in [5, 5.41) is 3.79. The molecule has 0 aliphatic carbocycles. The van der Waals surface area contributed by atoms with E-state index in [1.165, 1.54) is 0 Å². The molecule has 0 saturated carbocycles. The normalized spacial score (nSPS) is 10.4. The summed E-state index contributed by atoms with van der Waals surface area (Å²) in [6.07, 6.45) is 1.71. The van der Waals surface area contributed by atoms with E-state index in [9.17, 15) is 0 Å². The van der Waals surface area contributed by atoms with E-state index in [-0.39, 0.29) is 0 Å². The van der Waals surface area contributed by atoms with Crippen molar-refractivity contribution in [1.82, 2.24) is 4.98 Å². The number of rotatable bonds is 3. The van der Waals surface area contributed by atoms with Gasteiger partial charge >= 0.3 is 0 Å². The summed E-state index contributed by atoms with van der Waals surface area (Å²) in [6, 6.07) is 7.67. The lowest BCUT2D eigenvalue weighted by molar-refractivity contribution is 1.09. The highest BCUT2D eigenvalue weighted by Gasteiger charge is 2.04. The molecule has 0 atom stereocenters. The Kier molecular flexibility index (Phi) is 4.09. The highest BCUT2D eigenvalue weighted by atomic mass is 79.9. The lowest BCUT2D eigenvalue weighted by Crippen LogP contribution is -2.04. The molecule has 0 amide bonds. The molecule has 3 nitrogen and oxygen atoms in total.